The number of carbonyl (C=O) groups is 4. The lowest BCUT2D eigenvalue weighted by Crippen LogP contribution is -2.60. The zero-order chi connectivity index (χ0) is 27.9. The fourth-order valence-corrected chi connectivity index (χ4v) is 9.57. The molecule has 8 atom stereocenters. The molecule has 0 N–H and O–H groups in total. The molecule has 0 radical (unpaired) electrons. The van der Waals surface area contributed by atoms with Gasteiger partial charge in [-0.15, -0.1) is 0 Å². The van der Waals surface area contributed by atoms with Crippen LogP contribution < -0.4 is 0 Å². The Morgan fingerprint density at radius 2 is 1.76 bits per heavy atom. The van der Waals surface area contributed by atoms with Crippen molar-refractivity contribution in [3.63, 3.8) is 0 Å². The predicted octanol–water partition coefficient (Wildman–Crippen LogP) is 4.75. The Morgan fingerprint density at radius 1 is 1.03 bits per heavy atom. The van der Waals surface area contributed by atoms with Gasteiger partial charge in [0.2, 0.25) is 0 Å². The molecule has 4 saturated carbocycles. The Bertz CT molecular complexity index is 1060. The molecule has 0 spiro atoms. The van der Waals surface area contributed by atoms with E-state index in [0.717, 1.165) is 19.3 Å². The second-order valence-electron chi connectivity index (χ2n) is 13.4. The van der Waals surface area contributed by atoms with Crippen LogP contribution in [-0.2, 0) is 33.8 Å². The Morgan fingerprint density at radius 3 is 2.47 bits per heavy atom. The predicted molar refractivity (Wildman–Crippen MR) is 144 cm³/mol. The van der Waals surface area contributed by atoms with E-state index in [4.69, 9.17) is 4.74 Å². The van der Waals surface area contributed by atoms with Crippen molar-refractivity contribution in [2.24, 2.45) is 46.3 Å². The number of ketones is 3. The summed E-state index contributed by atoms with van der Waals surface area (Å²) in [6, 6.07) is 0. The number of hydrogen-bond acceptors (Lipinski definition) is 7. The highest BCUT2D eigenvalue weighted by Crippen LogP contribution is 2.66. The van der Waals surface area contributed by atoms with Gasteiger partial charge >= 0.3 is 5.97 Å². The minimum Gasteiger partial charge on any atom is -0.466 e. The third-order valence-electron chi connectivity index (χ3n) is 11.1. The first kappa shape index (κ1) is 29.4. The lowest BCUT2D eigenvalue weighted by atomic mass is 9.44. The lowest BCUT2D eigenvalue weighted by molar-refractivity contribution is -0.166. The van der Waals surface area contributed by atoms with E-state index in [9.17, 15) is 27.6 Å². The standard InChI is InChI=1S/C30H46O7S/c1-19(8-11-27(34)37-14-6-5-7-15-38(4,35)36)22-9-10-23-28-24(18-26(33)30(22,23)3)29(2)13-12-21(31)16-20(29)17-25(28)32/h19-20,22-24,28H,5-18H2,1-4H3/t19-,20?,22-,23+,24+,28+,29+,30-/m1/s1. The average Bonchev–Trinajstić information content (AvgIpc) is 3.19. The fourth-order valence-electron chi connectivity index (χ4n) is 8.84. The molecule has 0 bridgehead atoms. The summed E-state index contributed by atoms with van der Waals surface area (Å²) in [4.78, 5) is 51.9. The van der Waals surface area contributed by atoms with Crippen LogP contribution in [0.5, 0.6) is 0 Å². The molecule has 4 aliphatic rings. The first-order valence-corrected chi connectivity index (χ1v) is 16.7. The molecule has 0 aromatic rings. The second kappa shape index (κ2) is 11.1. The average molecular weight is 551 g/mol. The Labute approximate surface area is 228 Å². The molecule has 0 saturated heterocycles. The van der Waals surface area contributed by atoms with Gasteiger partial charge in [-0.05, 0) is 80.0 Å². The van der Waals surface area contributed by atoms with Gasteiger partial charge in [0, 0.05) is 55.4 Å². The molecule has 7 nitrogen and oxygen atoms in total. The summed E-state index contributed by atoms with van der Waals surface area (Å²) in [7, 11) is -2.95. The molecular weight excluding hydrogens is 504 g/mol. The van der Waals surface area contributed by atoms with Crippen molar-refractivity contribution < 1.29 is 32.3 Å². The molecule has 8 heteroatoms. The Balaban J connectivity index is 1.33. The summed E-state index contributed by atoms with van der Waals surface area (Å²) in [6.07, 6.45) is 8.64. The third kappa shape index (κ3) is 5.66. The summed E-state index contributed by atoms with van der Waals surface area (Å²) in [6.45, 7) is 6.75. The molecule has 4 rings (SSSR count). The van der Waals surface area contributed by atoms with E-state index < -0.39 is 15.3 Å². The molecule has 0 amide bonds. The zero-order valence-corrected chi connectivity index (χ0v) is 24.4. The van der Waals surface area contributed by atoms with Gasteiger partial charge in [0.1, 0.15) is 27.2 Å². The maximum absolute atomic E-state index is 13.9. The topological polar surface area (TPSA) is 112 Å². The molecule has 0 aromatic carbocycles. The van der Waals surface area contributed by atoms with Gasteiger partial charge in [-0.2, -0.15) is 0 Å². The van der Waals surface area contributed by atoms with Gasteiger partial charge in [0.05, 0.1) is 6.61 Å². The number of rotatable bonds is 10. The highest BCUT2D eigenvalue weighted by Gasteiger charge is 2.66. The zero-order valence-electron chi connectivity index (χ0n) is 23.6. The minimum absolute atomic E-state index is 0.0499. The first-order chi connectivity index (χ1) is 17.8. The number of hydrogen-bond donors (Lipinski definition) is 0. The molecule has 4 aliphatic carbocycles. The van der Waals surface area contributed by atoms with E-state index in [-0.39, 0.29) is 70.0 Å². The van der Waals surface area contributed by atoms with Crippen LogP contribution in [0, 0.1) is 46.3 Å². The van der Waals surface area contributed by atoms with E-state index in [1.165, 1.54) is 6.26 Å². The van der Waals surface area contributed by atoms with E-state index in [1.807, 2.05) is 0 Å². The van der Waals surface area contributed by atoms with Gasteiger partial charge in [0.15, 0.2) is 0 Å². The summed E-state index contributed by atoms with van der Waals surface area (Å²) < 4.78 is 27.8. The summed E-state index contributed by atoms with van der Waals surface area (Å²) in [5.41, 5.74) is -0.644. The van der Waals surface area contributed by atoms with Crippen molar-refractivity contribution in [2.75, 3.05) is 18.6 Å². The minimum atomic E-state index is -2.95. The number of ether oxygens (including phenoxy) is 1. The largest absolute Gasteiger partial charge is 0.466 e. The van der Waals surface area contributed by atoms with Crippen LogP contribution in [0.2, 0.25) is 0 Å². The number of sulfone groups is 1. The van der Waals surface area contributed by atoms with Crippen molar-refractivity contribution in [2.45, 2.75) is 97.8 Å². The van der Waals surface area contributed by atoms with Crippen molar-refractivity contribution >= 4 is 33.2 Å². The highest BCUT2D eigenvalue weighted by atomic mass is 32.2. The van der Waals surface area contributed by atoms with Crippen LogP contribution in [0.3, 0.4) is 0 Å². The van der Waals surface area contributed by atoms with Gasteiger partial charge in [-0.1, -0.05) is 20.8 Å². The second-order valence-corrected chi connectivity index (χ2v) is 15.6. The number of unbranched alkanes of at least 4 members (excludes halogenated alkanes) is 2. The van der Waals surface area contributed by atoms with Crippen LogP contribution in [0.4, 0.5) is 0 Å². The van der Waals surface area contributed by atoms with Crippen molar-refractivity contribution in [3.8, 4) is 0 Å². The van der Waals surface area contributed by atoms with E-state index in [0.29, 0.717) is 64.4 Å². The first-order valence-electron chi connectivity index (χ1n) is 14.7. The lowest BCUT2D eigenvalue weighted by Gasteiger charge is -2.58. The monoisotopic (exact) mass is 550 g/mol. The number of Topliss-reactive ketones (excluding diaryl/α,β-unsaturated/α-hetero) is 3. The maximum atomic E-state index is 13.9. The quantitative estimate of drug-likeness (QED) is 0.285. The molecule has 1 unspecified atom stereocenters. The summed E-state index contributed by atoms with van der Waals surface area (Å²) in [5, 5.41) is 0. The van der Waals surface area contributed by atoms with Gasteiger partial charge in [-0.3, -0.25) is 19.2 Å². The number of fused-ring (bicyclic) bond motifs is 5. The number of esters is 1. The van der Waals surface area contributed by atoms with Crippen LogP contribution in [0.25, 0.3) is 0 Å². The third-order valence-corrected chi connectivity index (χ3v) is 12.2. The van der Waals surface area contributed by atoms with Crippen LogP contribution >= 0.6 is 0 Å². The summed E-state index contributed by atoms with van der Waals surface area (Å²) >= 11 is 0. The van der Waals surface area contributed by atoms with Crippen molar-refractivity contribution in [1.29, 1.82) is 0 Å². The molecule has 0 aromatic heterocycles. The van der Waals surface area contributed by atoms with Crippen molar-refractivity contribution in [1.82, 2.24) is 0 Å². The molecule has 0 aliphatic heterocycles. The maximum Gasteiger partial charge on any atom is 0.305 e. The molecule has 0 heterocycles. The van der Waals surface area contributed by atoms with E-state index in [2.05, 4.69) is 20.8 Å². The summed E-state index contributed by atoms with van der Waals surface area (Å²) in [5.74, 6) is 1.13. The number of carbonyl (C=O) groups excluding carboxylic acids is 4. The van der Waals surface area contributed by atoms with Crippen molar-refractivity contribution in [3.05, 3.63) is 0 Å². The molecule has 4 fully saturated rings. The molecular formula is C30H46O7S. The van der Waals surface area contributed by atoms with E-state index >= 15 is 0 Å². The highest BCUT2D eigenvalue weighted by molar-refractivity contribution is 7.90. The van der Waals surface area contributed by atoms with E-state index in [1.54, 1.807) is 0 Å². The Kier molecular flexibility index (Phi) is 8.61. The van der Waals surface area contributed by atoms with Gasteiger partial charge in [0.25, 0.3) is 0 Å². The van der Waals surface area contributed by atoms with Gasteiger partial charge in [-0.25, -0.2) is 8.42 Å². The van der Waals surface area contributed by atoms with Crippen LogP contribution in [-0.4, -0.2) is 50.4 Å². The molecule has 214 valence electrons. The van der Waals surface area contributed by atoms with Crippen LogP contribution in [0.1, 0.15) is 97.8 Å². The SMILES string of the molecule is C[C@H](CCC(=O)OCCCCCS(C)(=O)=O)[C@H]1CC[C@H]2[C@@H]3C(=O)CC4CC(=O)CC[C@]4(C)[C@H]3CC(=O)[C@]12C. The van der Waals surface area contributed by atoms with Gasteiger partial charge < -0.3 is 4.74 Å². The fraction of sp³-hybridized carbons (Fsp3) is 0.867. The Hall–Kier alpha value is -1.57. The normalized spacial score (nSPS) is 37.8. The molecule has 38 heavy (non-hydrogen) atoms. The van der Waals surface area contributed by atoms with Crippen LogP contribution in [0.15, 0.2) is 0 Å². The smallest absolute Gasteiger partial charge is 0.305 e.